The van der Waals surface area contributed by atoms with Crippen LogP contribution in [0.1, 0.15) is 11.6 Å². The van der Waals surface area contributed by atoms with Crippen molar-refractivity contribution in [1.82, 2.24) is 15.1 Å². The minimum atomic E-state index is -0.244. The summed E-state index contributed by atoms with van der Waals surface area (Å²) < 4.78 is 13.1. The zero-order valence-corrected chi connectivity index (χ0v) is 12.4. The van der Waals surface area contributed by atoms with Crippen LogP contribution in [0.5, 0.6) is 0 Å². The number of benzene rings is 1. The van der Waals surface area contributed by atoms with Crippen molar-refractivity contribution >= 4 is 5.91 Å². The minimum absolute atomic E-state index is 0.0585. The predicted molar refractivity (Wildman–Crippen MR) is 81.4 cm³/mol. The lowest BCUT2D eigenvalue weighted by Crippen LogP contribution is -2.48. The Morgan fingerprint density at radius 3 is 2.52 bits per heavy atom. The van der Waals surface area contributed by atoms with Crippen LogP contribution in [-0.2, 0) is 4.79 Å². The maximum Gasteiger partial charge on any atom is 0.243 e. The highest BCUT2D eigenvalue weighted by Crippen LogP contribution is 2.21. The second kappa shape index (κ2) is 7.33. The topological polar surface area (TPSA) is 35.6 Å². The molecule has 1 unspecified atom stereocenters. The predicted octanol–water partition coefficient (Wildman–Crippen LogP) is 1.42. The maximum absolute atomic E-state index is 13.1. The number of piperazine rings is 1. The molecule has 4 nitrogen and oxygen atoms in total. The Hall–Kier alpha value is -1.72. The van der Waals surface area contributed by atoms with E-state index >= 15 is 0 Å². The van der Waals surface area contributed by atoms with E-state index in [4.69, 9.17) is 0 Å². The number of carbonyl (C=O) groups is 1. The van der Waals surface area contributed by atoms with Gasteiger partial charge in [-0.25, -0.2) is 4.39 Å². The number of nitrogens with zero attached hydrogens (tertiary/aromatic N) is 2. The second-order valence-electron chi connectivity index (χ2n) is 5.36. The summed E-state index contributed by atoms with van der Waals surface area (Å²) in [6, 6.07) is 6.57. The number of nitrogens with one attached hydrogen (secondary N) is 1. The van der Waals surface area contributed by atoms with Crippen molar-refractivity contribution in [3.8, 4) is 0 Å². The number of halogens is 1. The highest BCUT2D eigenvalue weighted by Gasteiger charge is 2.24. The molecule has 1 amide bonds. The quantitative estimate of drug-likeness (QED) is 0.833. The first-order valence-corrected chi connectivity index (χ1v) is 7.18. The largest absolute Gasteiger partial charge is 0.351 e. The van der Waals surface area contributed by atoms with Crippen LogP contribution in [0.25, 0.3) is 0 Å². The van der Waals surface area contributed by atoms with Crippen LogP contribution in [0.4, 0.5) is 4.39 Å². The molecule has 21 heavy (non-hydrogen) atoms. The van der Waals surface area contributed by atoms with Gasteiger partial charge in [0.15, 0.2) is 0 Å². The molecule has 1 aromatic carbocycles. The average molecular weight is 291 g/mol. The number of carbonyl (C=O) groups excluding carboxylic acids is 1. The van der Waals surface area contributed by atoms with E-state index in [1.165, 1.54) is 18.2 Å². The molecule has 1 fully saturated rings. The average Bonchev–Trinajstić information content (AvgIpc) is 2.50. The summed E-state index contributed by atoms with van der Waals surface area (Å²) in [5, 5.41) is 2.85. The number of likely N-dealkylation sites (N-methyl/N-ethyl adjacent to an activating group) is 1. The lowest BCUT2D eigenvalue weighted by Gasteiger charge is -2.38. The third-order valence-corrected chi connectivity index (χ3v) is 3.89. The van der Waals surface area contributed by atoms with Gasteiger partial charge in [-0.05, 0) is 30.8 Å². The number of amides is 1. The summed E-state index contributed by atoms with van der Waals surface area (Å²) in [7, 11) is 2.10. The Kier molecular flexibility index (Phi) is 5.47. The molecular formula is C16H22FN3O. The van der Waals surface area contributed by atoms with Crippen molar-refractivity contribution in [2.24, 2.45) is 0 Å². The van der Waals surface area contributed by atoms with Gasteiger partial charge in [-0.1, -0.05) is 18.7 Å². The molecule has 0 radical (unpaired) electrons. The van der Waals surface area contributed by atoms with Crippen molar-refractivity contribution in [2.75, 3.05) is 39.8 Å². The molecule has 0 saturated carbocycles. The SMILES string of the molecule is C=CC(=O)NCC(c1ccc(F)cc1)N1CCN(C)CC1. The van der Waals surface area contributed by atoms with Crippen LogP contribution >= 0.6 is 0 Å². The van der Waals surface area contributed by atoms with Crippen LogP contribution in [0.3, 0.4) is 0 Å². The van der Waals surface area contributed by atoms with Gasteiger partial charge in [-0.2, -0.15) is 0 Å². The number of rotatable bonds is 5. The van der Waals surface area contributed by atoms with Gasteiger partial charge in [0.1, 0.15) is 5.82 Å². The molecule has 1 heterocycles. The van der Waals surface area contributed by atoms with E-state index < -0.39 is 0 Å². The van der Waals surface area contributed by atoms with Gasteiger partial charge < -0.3 is 10.2 Å². The Morgan fingerprint density at radius 1 is 1.33 bits per heavy atom. The first-order valence-electron chi connectivity index (χ1n) is 7.18. The summed E-state index contributed by atoms with van der Waals surface area (Å²) in [5.41, 5.74) is 1.02. The van der Waals surface area contributed by atoms with Gasteiger partial charge in [0.25, 0.3) is 0 Å². The van der Waals surface area contributed by atoms with Crippen LogP contribution < -0.4 is 5.32 Å². The van der Waals surface area contributed by atoms with Crippen LogP contribution in [0.15, 0.2) is 36.9 Å². The number of hydrogen-bond acceptors (Lipinski definition) is 3. The van der Waals surface area contributed by atoms with Gasteiger partial charge >= 0.3 is 0 Å². The summed E-state index contributed by atoms with van der Waals surface area (Å²) in [6.07, 6.45) is 1.27. The van der Waals surface area contributed by atoms with Gasteiger partial charge in [-0.3, -0.25) is 9.69 Å². The molecule has 1 N–H and O–H groups in total. The van der Waals surface area contributed by atoms with Crippen molar-refractivity contribution in [2.45, 2.75) is 6.04 Å². The molecule has 114 valence electrons. The number of hydrogen-bond donors (Lipinski definition) is 1. The van der Waals surface area contributed by atoms with E-state index in [1.807, 2.05) is 0 Å². The molecule has 1 aromatic rings. The van der Waals surface area contributed by atoms with Gasteiger partial charge in [0.05, 0.1) is 6.04 Å². The molecule has 1 aliphatic rings. The fraction of sp³-hybridized carbons (Fsp3) is 0.438. The summed E-state index contributed by atoms with van der Waals surface area (Å²) in [4.78, 5) is 16.0. The van der Waals surface area contributed by atoms with Crippen molar-refractivity contribution in [3.05, 3.63) is 48.3 Å². The third-order valence-electron chi connectivity index (χ3n) is 3.89. The fourth-order valence-electron chi connectivity index (χ4n) is 2.55. The highest BCUT2D eigenvalue weighted by molar-refractivity contribution is 5.86. The zero-order valence-electron chi connectivity index (χ0n) is 12.4. The molecule has 0 bridgehead atoms. The third kappa shape index (κ3) is 4.37. The summed E-state index contributed by atoms with van der Waals surface area (Å²) in [5.74, 6) is -0.428. The first kappa shape index (κ1) is 15.7. The molecule has 5 heteroatoms. The van der Waals surface area contributed by atoms with E-state index in [1.54, 1.807) is 12.1 Å². The Morgan fingerprint density at radius 2 is 1.95 bits per heavy atom. The van der Waals surface area contributed by atoms with Gasteiger partial charge in [0, 0.05) is 32.7 Å². The first-order chi connectivity index (χ1) is 10.1. The van der Waals surface area contributed by atoms with E-state index in [0.29, 0.717) is 6.54 Å². The van der Waals surface area contributed by atoms with Gasteiger partial charge in [-0.15, -0.1) is 0 Å². The lowest BCUT2D eigenvalue weighted by molar-refractivity contribution is -0.116. The standard InChI is InChI=1S/C16H22FN3O/c1-3-16(21)18-12-15(13-4-6-14(17)7-5-13)20-10-8-19(2)9-11-20/h3-7,15H,1,8-12H2,2H3,(H,18,21). The van der Waals surface area contributed by atoms with E-state index in [2.05, 4.69) is 28.7 Å². The lowest BCUT2D eigenvalue weighted by atomic mass is 10.0. The smallest absolute Gasteiger partial charge is 0.243 e. The van der Waals surface area contributed by atoms with E-state index in [0.717, 1.165) is 31.7 Å². The van der Waals surface area contributed by atoms with Gasteiger partial charge in [0.2, 0.25) is 5.91 Å². The van der Waals surface area contributed by atoms with E-state index in [-0.39, 0.29) is 17.8 Å². The zero-order chi connectivity index (χ0) is 15.2. The Balaban J connectivity index is 2.11. The molecule has 0 spiro atoms. The summed E-state index contributed by atoms with van der Waals surface area (Å²) in [6.45, 7) is 7.82. The highest BCUT2D eigenvalue weighted by atomic mass is 19.1. The molecule has 1 atom stereocenters. The summed E-state index contributed by atoms with van der Waals surface area (Å²) >= 11 is 0. The molecule has 1 saturated heterocycles. The minimum Gasteiger partial charge on any atom is -0.351 e. The van der Waals surface area contributed by atoms with Crippen LogP contribution in [0.2, 0.25) is 0 Å². The normalized spacial score (nSPS) is 18.2. The van der Waals surface area contributed by atoms with Crippen LogP contribution in [-0.4, -0.2) is 55.5 Å². The molecule has 2 rings (SSSR count). The molecular weight excluding hydrogens is 269 g/mol. The van der Waals surface area contributed by atoms with Crippen molar-refractivity contribution in [3.63, 3.8) is 0 Å². The maximum atomic E-state index is 13.1. The monoisotopic (exact) mass is 291 g/mol. The molecule has 0 aliphatic carbocycles. The fourth-order valence-corrected chi connectivity index (χ4v) is 2.55. The van der Waals surface area contributed by atoms with Crippen LogP contribution in [0, 0.1) is 5.82 Å². The molecule has 1 aliphatic heterocycles. The Bertz CT molecular complexity index is 481. The Labute approximate surface area is 125 Å². The van der Waals surface area contributed by atoms with Crippen molar-refractivity contribution < 1.29 is 9.18 Å². The molecule has 0 aromatic heterocycles. The van der Waals surface area contributed by atoms with E-state index in [9.17, 15) is 9.18 Å². The van der Waals surface area contributed by atoms with Crippen molar-refractivity contribution in [1.29, 1.82) is 0 Å². The second-order valence-corrected chi connectivity index (χ2v) is 5.36.